The minimum absolute atomic E-state index is 0.167. The maximum Gasteiger partial charge on any atom is 0.246 e. The van der Waals surface area contributed by atoms with Gasteiger partial charge in [-0.3, -0.25) is 9.59 Å². The van der Waals surface area contributed by atoms with Crippen molar-refractivity contribution in [3.05, 3.63) is 28.8 Å². The van der Waals surface area contributed by atoms with Crippen LogP contribution in [0.2, 0.25) is 5.02 Å². The van der Waals surface area contributed by atoms with E-state index in [1.54, 1.807) is 23.1 Å². The average molecular weight is 339 g/mol. The summed E-state index contributed by atoms with van der Waals surface area (Å²) in [7, 11) is 3.02. The van der Waals surface area contributed by atoms with Gasteiger partial charge in [-0.05, 0) is 30.2 Å². The monoisotopic (exact) mass is 338 g/mol. The molecule has 124 valence electrons. The molecule has 2 amide bonds. The molecule has 0 bridgehead atoms. The SMILES string of the molecule is COc1cc(/C=C/C(=O)N2CCC(C(N)=O)C2)cc(Cl)c1OC. The molecule has 1 unspecified atom stereocenters. The van der Waals surface area contributed by atoms with Gasteiger partial charge in [0.25, 0.3) is 0 Å². The zero-order valence-corrected chi connectivity index (χ0v) is 13.8. The lowest BCUT2D eigenvalue weighted by Crippen LogP contribution is -2.30. The predicted molar refractivity (Wildman–Crippen MR) is 87.5 cm³/mol. The summed E-state index contributed by atoms with van der Waals surface area (Å²) in [5, 5.41) is 0.397. The molecule has 2 N–H and O–H groups in total. The Morgan fingerprint density at radius 2 is 2.09 bits per heavy atom. The van der Waals surface area contributed by atoms with Crippen LogP contribution in [0, 0.1) is 5.92 Å². The molecule has 1 aliphatic rings. The Hall–Kier alpha value is -2.21. The molecular weight excluding hydrogens is 320 g/mol. The van der Waals surface area contributed by atoms with E-state index in [1.807, 2.05) is 0 Å². The number of carbonyl (C=O) groups is 2. The topological polar surface area (TPSA) is 81.9 Å². The zero-order chi connectivity index (χ0) is 17.0. The van der Waals surface area contributed by atoms with Gasteiger partial charge in [0.1, 0.15) is 0 Å². The number of nitrogens with two attached hydrogens (primary N) is 1. The maximum absolute atomic E-state index is 12.1. The van der Waals surface area contributed by atoms with Gasteiger partial charge in [0.2, 0.25) is 11.8 Å². The van der Waals surface area contributed by atoms with Gasteiger partial charge in [0.05, 0.1) is 25.2 Å². The highest BCUT2D eigenvalue weighted by Gasteiger charge is 2.28. The van der Waals surface area contributed by atoms with Crippen LogP contribution in [0.25, 0.3) is 6.08 Å². The molecule has 1 fully saturated rings. The number of hydrogen-bond acceptors (Lipinski definition) is 4. The number of primary amides is 1. The molecular formula is C16H19ClN2O4. The van der Waals surface area contributed by atoms with Crippen LogP contribution in [-0.2, 0) is 9.59 Å². The Bertz CT molecular complexity index is 645. The Labute approximate surface area is 139 Å². The van der Waals surface area contributed by atoms with E-state index in [4.69, 9.17) is 26.8 Å². The molecule has 1 atom stereocenters. The van der Waals surface area contributed by atoms with Crippen molar-refractivity contribution in [1.82, 2.24) is 4.90 Å². The third-order valence-electron chi connectivity index (χ3n) is 3.78. The number of amides is 2. The fraction of sp³-hybridized carbons (Fsp3) is 0.375. The van der Waals surface area contributed by atoms with Gasteiger partial charge in [0.15, 0.2) is 11.5 Å². The van der Waals surface area contributed by atoms with E-state index in [2.05, 4.69) is 0 Å². The Morgan fingerprint density at radius 1 is 1.35 bits per heavy atom. The molecule has 0 aliphatic carbocycles. The van der Waals surface area contributed by atoms with Crippen molar-refractivity contribution in [1.29, 1.82) is 0 Å². The Balaban J connectivity index is 2.10. The Morgan fingerprint density at radius 3 is 2.65 bits per heavy atom. The summed E-state index contributed by atoms with van der Waals surface area (Å²) in [6.07, 6.45) is 3.70. The molecule has 1 heterocycles. The van der Waals surface area contributed by atoms with E-state index >= 15 is 0 Å². The summed E-state index contributed by atoms with van der Waals surface area (Å²) in [6.45, 7) is 0.897. The highest BCUT2D eigenvalue weighted by molar-refractivity contribution is 6.32. The van der Waals surface area contributed by atoms with Crippen LogP contribution in [0.15, 0.2) is 18.2 Å². The molecule has 0 saturated carbocycles. The average Bonchev–Trinajstić information content (AvgIpc) is 3.02. The van der Waals surface area contributed by atoms with Gasteiger partial charge < -0.3 is 20.1 Å². The van der Waals surface area contributed by atoms with Crippen LogP contribution >= 0.6 is 11.6 Å². The van der Waals surface area contributed by atoms with E-state index in [1.165, 1.54) is 20.3 Å². The first kappa shape index (κ1) is 17.1. The lowest BCUT2D eigenvalue weighted by molar-refractivity contribution is -0.125. The van der Waals surface area contributed by atoms with Crippen LogP contribution in [0.1, 0.15) is 12.0 Å². The smallest absolute Gasteiger partial charge is 0.246 e. The molecule has 6 nitrogen and oxygen atoms in total. The highest BCUT2D eigenvalue weighted by atomic mass is 35.5. The second kappa shape index (κ2) is 7.37. The number of methoxy groups -OCH3 is 2. The lowest BCUT2D eigenvalue weighted by atomic mass is 10.1. The van der Waals surface area contributed by atoms with Crippen molar-refractivity contribution in [2.45, 2.75) is 6.42 Å². The second-order valence-corrected chi connectivity index (χ2v) is 5.65. The molecule has 0 spiro atoms. The summed E-state index contributed by atoms with van der Waals surface area (Å²) in [5.74, 6) is 0.141. The van der Waals surface area contributed by atoms with E-state index in [0.717, 1.165) is 0 Å². The highest BCUT2D eigenvalue weighted by Crippen LogP contribution is 2.36. The summed E-state index contributed by atoms with van der Waals surface area (Å²) in [6, 6.07) is 3.41. The number of halogens is 1. The molecule has 1 aliphatic heterocycles. The van der Waals surface area contributed by atoms with Crippen LogP contribution in [-0.4, -0.2) is 44.0 Å². The zero-order valence-electron chi connectivity index (χ0n) is 13.0. The summed E-state index contributed by atoms with van der Waals surface area (Å²) in [4.78, 5) is 24.9. The van der Waals surface area contributed by atoms with Gasteiger partial charge in [-0.1, -0.05) is 11.6 Å². The third kappa shape index (κ3) is 3.96. The van der Waals surface area contributed by atoms with Crippen LogP contribution < -0.4 is 15.2 Å². The van der Waals surface area contributed by atoms with Crippen molar-refractivity contribution in [2.75, 3.05) is 27.3 Å². The van der Waals surface area contributed by atoms with E-state index < -0.39 is 0 Å². The molecule has 23 heavy (non-hydrogen) atoms. The standard InChI is InChI=1S/C16H19ClN2O4/c1-22-13-8-10(7-12(17)15(13)23-2)3-4-14(20)19-6-5-11(9-19)16(18)21/h3-4,7-8,11H,5-6,9H2,1-2H3,(H2,18,21)/b4-3+. The van der Waals surface area contributed by atoms with Gasteiger partial charge in [0, 0.05) is 19.2 Å². The fourth-order valence-corrected chi connectivity index (χ4v) is 2.80. The molecule has 0 aromatic heterocycles. The van der Waals surface area contributed by atoms with E-state index in [9.17, 15) is 9.59 Å². The minimum Gasteiger partial charge on any atom is -0.493 e. The van der Waals surface area contributed by atoms with Crippen molar-refractivity contribution < 1.29 is 19.1 Å². The first-order chi connectivity index (χ1) is 11.0. The minimum atomic E-state index is -0.365. The third-order valence-corrected chi connectivity index (χ3v) is 4.06. The number of nitrogens with zero attached hydrogens (tertiary/aromatic N) is 1. The lowest BCUT2D eigenvalue weighted by Gasteiger charge is -2.13. The van der Waals surface area contributed by atoms with Crippen molar-refractivity contribution in [3.8, 4) is 11.5 Å². The van der Waals surface area contributed by atoms with E-state index in [0.29, 0.717) is 41.6 Å². The number of benzene rings is 1. The normalized spacial score (nSPS) is 17.5. The van der Waals surface area contributed by atoms with Gasteiger partial charge in [-0.25, -0.2) is 0 Å². The predicted octanol–water partition coefficient (Wildman–Crippen LogP) is 1.70. The molecule has 1 aromatic carbocycles. The fourth-order valence-electron chi connectivity index (χ4n) is 2.50. The molecule has 1 aromatic rings. The van der Waals surface area contributed by atoms with Crippen LogP contribution in [0.3, 0.4) is 0 Å². The first-order valence-electron chi connectivity index (χ1n) is 7.14. The molecule has 2 rings (SSSR count). The summed E-state index contributed by atoms with van der Waals surface area (Å²) < 4.78 is 10.4. The van der Waals surface area contributed by atoms with Crippen molar-refractivity contribution in [3.63, 3.8) is 0 Å². The quantitative estimate of drug-likeness (QED) is 0.828. The van der Waals surface area contributed by atoms with Crippen LogP contribution in [0.5, 0.6) is 11.5 Å². The molecule has 0 radical (unpaired) electrons. The number of hydrogen-bond donors (Lipinski definition) is 1. The van der Waals surface area contributed by atoms with Gasteiger partial charge >= 0.3 is 0 Å². The number of likely N-dealkylation sites (tertiary alicyclic amines) is 1. The number of carbonyl (C=O) groups excluding carboxylic acids is 2. The largest absolute Gasteiger partial charge is 0.493 e. The second-order valence-electron chi connectivity index (χ2n) is 5.24. The molecule has 7 heteroatoms. The van der Waals surface area contributed by atoms with Crippen molar-refractivity contribution in [2.24, 2.45) is 11.7 Å². The van der Waals surface area contributed by atoms with Gasteiger partial charge in [-0.15, -0.1) is 0 Å². The summed E-state index contributed by atoms with van der Waals surface area (Å²) >= 11 is 6.12. The number of ether oxygens (including phenoxy) is 2. The van der Waals surface area contributed by atoms with Gasteiger partial charge in [-0.2, -0.15) is 0 Å². The summed E-state index contributed by atoms with van der Waals surface area (Å²) in [5.41, 5.74) is 5.98. The maximum atomic E-state index is 12.1. The molecule has 1 saturated heterocycles. The van der Waals surface area contributed by atoms with Crippen LogP contribution in [0.4, 0.5) is 0 Å². The first-order valence-corrected chi connectivity index (χ1v) is 7.52. The van der Waals surface area contributed by atoms with Crippen molar-refractivity contribution >= 4 is 29.5 Å². The van der Waals surface area contributed by atoms with E-state index in [-0.39, 0.29) is 17.7 Å². The Kier molecular flexibility index (Phi) is 5.50. The number of rotatable bonds is 5.